The summed E-state index contributed by atoms with van der Waals surface area (Å²) in [6, 6.07) is 0. The SMILES string of the molecule is CCCCCCCCCCCCCCCCCC(=O)O[C@H](COC(=O)CCCCCCCCCC(C)C)COP(=O)(O)OC[C@@H](O)COP(=O)(O)OC[C@@H](COC(=O)CCCCCCC)OC(=O)CCCCCCCCCCC. The molecular formula is C60H116O17P2. The van der Waals surface area contributed by atoms with E-state index in [4.69, 9.17) is 37.0 Å². The molecule has 3 N–H and O–H groups in total. The summed E-state index contributed by atoms with van der Waals surface area (Å²) >= 11 is 0. The topological polar surface area (TPSA) is 237 Å². The van der Waals surface area contributed by atoms with Crippen molar-refractivity contribution in [1.29, 1.82) is 0 Å². The molecule has 0 amide bonds. The van der Waals surface area contributed by atoms with Gasteiger partial charge in [-0.3, -0.25) is 37.3 Å². The maximum absolute atomic E-state index is 12.9. The van der Waals surface area contributed by atoms with Gasteiger partial charge in [0.15, 0.2) is 12.2 Å². The summed E-state index contributed by atoms with van der Waals surface area (Å²) in [6.45, 7) is 7.01. The zero-order valence-electron chi connectivity index (χ0n) is 50.5. The fourth-order valence-electron chi connectivity index (χ4n) is 8.88. The van der Waals surface area contributed by atoms with Crippen LogP contribution in [0.2, 0.25) is 0 Å². The van der Waals surface area contributed by atoms with E-state index in [1.807, 2.05) is 0 Å². The van der Waals surface area contributed by atoms with Gasteiger partial charge < -0.3 is 33.8 Å². The average Bonchev–Trinajstić information content (AvgIpc) is 3.41. The summed E-state index contributed by atoms with van der Waals surface area (Å²) in [5.41, 5.74) is 0. The Labute approximate surface area is 479 Å². The van der Waals surface area contributed by atoms with Crippen LogP contribution in [0.1, 0.15) is 298 Å². The van der Waals surface area contributed by atoms with Crippen molar-refractivity contribution in [1.82, 2.24) is 0 Å². The average molecular weight is 1170 g/mol. The molecule has 0 aliphatic carbocycles. The molecule has 5 atom stereocenters. The Morgan fingerprint density at radius 3 is 0.861 bits per heavy atom. The van der Waals surface area contributed by atoms with Gasteiger partial charge in [-0.25, -0.2) is 9.13 Å². The molecule has 19 heteroatoms. The number of hydrogen-bond donors (Lipinski definition) is 3. The first kappa shape index (κ1) is 77.1. The first-order valence-electron chi connectivity index (χ1n) is 31.6. The van der Waals surface area contributed by atoms with Crippen molar-refractivity contribution < 1.29 is 80.2 Å². The Balaban J connectivity index is 5.16. The highest BCUT2D eigenvalue weighted by Gasteiger charge is 2.30. The van der Waals surface area contributed by atoms with E-state index < -0.39 is 97.5 Å². The number of aliphatic hydroxyl groups excluding tert-OH is 1. The highest BCUT2D eigenvalue weighted by atomic mass is 31.2. The lowest BCUT2D eigenvalue weighted by Gasteiger charge is -2.21. The van der Waals surface area contributed by atoms with E-state index in [0.29, 0.717) is 31.6 Å². The molecule has 0 aromatic carbocycles. The normalized spacial score (nSPS) is 14.3. The van der Waals surface area contributed by atoms with E-state index in [-0.39, 0.29) is 25.7 Å². The van der Waals surface area contributed by atoms with Crippen LogP contribution >= 0.6 is 15.6 Å². The second kappa shape index (κ2) is 54.0. The van der Waals surface area contributed by atoms with Gasteiger partial charge in [-0.05, 0) is 31.6 Å². The molecule has 79 heavy (non-hydrogen) atoms. The van der Waals surface area contributed by atoms with E-state index in [1.54, 1.807) is 0 Å². The molecule has 0 heterocycles. The third kappa shape index (κ3) is 55.0. The maximum Gasteiger partial charge on any atom is 0.472 e. The minimum atomic E-state index is -4.94. The van der Waals surface area contributed by atoms with Crippen molar-refractivity contribution in [3.63, 3.8) is 0 Å². The van der Waals surface area contributed by atoms with Gasteiger partial charge in [0.25, 0.3) is 0 Å². The summed E-state index contributed by atoms with van der Waals surface area (Å²) < 4.78 is 67.6. The van der Waals surface area contributed by atoms with Crippen LogP contribution in [0, 0.1) is 5.92 Å². The predicted octanol–water partition coefficient (Wildman–Crippen LogP) is 16.2. The Kier molecular flexibility index (Phi) is 52.7. The summed E-state index contributed by atoms with van der Waals surface area (Å²) in [6.07, 6.45) is 36.6. The van der Waals surface area contributed by atoms with Crippen LogP contribution < -0.4 is 0 Å². The first-order chi connectivity index (χ1) is 38.0. The van der Waals surface area contributed by atoms with E-state index in [0.717, 1.165) is 103 Å². The number of carbonyl (C=O) groups is 4. The highest BCUT2D eigenvalue weighted by Crippen LogP contribution is 2.45. The van der Waals surface area contributed by atoms with Crippen LogP contribution in [0.5, 0.6) is 0 Å². The van der Waals surface area contributed by atoms with Crippen LogP contribution in [0.4, 0.5) is 0 Å². The molecule has 2 unspecified atom stereocenters. The molecule has 0 saturated heterocycles. The monoisotopic (exact) mass is 1170 g/mol. The van der Waals surface area contributed by atoms with Crippen molar-refractivity contribution in [2.24, 2.45) is 5.92 Å². The lowest BCUT2D eigenvalue weighted by Crippen LogP contribution is -2.30. The number of esters is 4. The smallest absolute Gasteiger partial charge is 0.462 e. The van der Waals surface area contributed by atoms with Gasteiger partial charge in [0.05, 0.1) is 26.4 Å². The molecule has 468 valence electrons. The van der Waals surface area contributed by atoms with Gasteiger partial charge >= 0.3 is 39.5 Å². The number of hydrogen-bond acceptors (Lipinski definition) is 15. The summed E-state index contributed by atoms with van der Waals surface area (Å²) in [4.78, 5) is 71.7. The Bertz CT molecular complexity index is 1550. The summed E-state index contributed by atoms with van der Waals surface area (Å²) in [5, 5.41) is 10.5. The van der Waals surface area contributed by atoms with Crippen molar-refractivity contribution in [3.8, 4) is 0 Å². The first-order valence-corrected chi connectivity index (χ1v) is 34.6. The predicted molar refractivity (Wildman–Crippen MR) is 312 cm³/mol. The van der Waals surface area contributed by atoms with E-state index >= 15 is 0 Å². The molecule has 0 aromatic rings. The van der Waals surface area contributed by atoms with Gasteiger partial charge in [-0.15, -0.1) is 0 Å². The number of ether oxygens (including phenoxy) is 4. The van der Waals surface area contributed by atoms with Gasteiger partial charge in [-0.1, -0.05) is 247 Å². The van der Waals surface area contributed by atoms with Crippen molar-refractivity contribution >= 4 is 39.5 Å². The summed E-state index contributed by atoms with van der Waals surface area (Å²) in [7, 11) is -9.87. The second-order valence-electron chi connectivity index (χ2n) is 22.2. The molecular weight excluding hydrogens is 1050 g/mol. The third-order valence-corrected chi connectivity index (χ3v) is 15.7. The van der Waals surface area contributed by atoms with Crippen molar-refractivity contribution in [2.75, 3.05) is 39.6 Å². The molecule has 0 bridgehead atoms. The van der Waals surface area contributed by atoms with Gasteiger partial charge in [0, 0.05) is 25.7 Å². The fraction of sp³-hybridized carbons (Fsp3) is 0.933. The third-order valence-electron chi connectivity index (χ3n) is 13.8. The lowest BCUT2D eigenvalue weighted by molar-refractivity contribution is -0.161. The van der Waals surface area contributed by atoms with E-state index in [9.17, 15) is 43.2 Å². The van der Waals surface area contributed by atoms with Crippen LogP contribution in [0.15, 0.2) is 0 Å². The van der Waals surface area contributed by atoms with Crippen LogP contribution in [-0.4, -0.2) is 96.7 Å². The molecule has 0 spiro atoms. The van der Waals surface area contributed by atoms with E-state index in [2.05, 4.69) is 34.6 Å². The molecule has 0 aliphatic heterocycles. The largest absolute Gasteiger partial charge is 0.472 e. The Morgan fingerprint density at radius 2 is 0.582 bits per heavy atom. The van der Waals surface area contributed by atoms with Crippen molar-refractivity contribution in [2.45, 2.75) is 316 Å². The van der Waals surface area contributed by atoms with Crippen LogP contribution in [0.25, 0.3) is 0 Å². The quantitative estimate of drug-likeness (QED) is 0.0222. The van der Waals surface area contributed by atoms with Crippen LogP contribution in [0.3, 0.4) is 0 Å². The molecule has 0 fully saturated rings. The molecule has 0 aliphatic rings. The number of unbranched alkanes of at least 4 members (excludes halogenated alkanes) is 32. The van der Waals surface area contributed by atoms with Gasteiger partial charge in [0.1, 0.15) is 19.3 Å². The maximum atomic E-state index is 12.9. The zero-order valence-corrected chi connectivity index (χ0v) is 52.3. The molecule has 0 radical (unpaired) electrons. The number of aliphatic hydroxyl groups is 1. The van der Waals surface area contributed by atoms with E-state index in [1.165, 1.54) is 109 Å². The minimum absolute atomic E-state index is 0.105. The van der Waals surface area contributed by atoms with Gasteiger partial charge in [-0.2, -0.15) is 0 Å². The molecule has 0 rings (SSSR count). The Hall–Kier alpha value is -1.94. The summed E-state index contributed by atoms with van der Waals surface area (Å²) in [5.74, 6) is -1.45. The lowest BCUT2D eigenvalue weighted by atomic mass is 10.0. The van der Waals surface area contributed by atoms with Gasteiger partial charge in [0.2, 0.25) is 0 Å². The molecule has 0 saturated carbocycles. The number of carbonyl (C=O) groups excluding carboxylic acids is 4. The van der Waals surface area contributed by atoms with Crippen molar-refractivity contribution in [3.05, 3.63) is 0 Å². The van der Waals surface area contributed by atoms with Crippen LogP contribution in [-0.2, 0) is 65.4 Å². The number of phosphoric acid groups is 2. The second-order valence-corrected chi connectivity index (χ2v) is 25.1. The molecule has 17 nitrogen and oxygen atoms in total. The number of rotatable bonds is 60. The fourth-order valence-corrected chi connectivity index (χ4v) is 10.5. The number of phosphoric ester groups is 2. The zero-order chi connectivity index (χ0) is 58.5. The standard InChI is InChI=1S/C60H116O17P2/c1-6-9-12-15-17-19-20-21-22-23-24-26-30-36-41-46-60(65)77-56(50-71-58(63)44-39-34-31-27-28-33-37-42-53(4)5)52-75-79(68,69)73-48-54(61)47-72-78(66,67)74-51-55(49-70-57(62)43-38-32-14-11-8-3)76-59(64)45-40-35-29-25-18-16-13-10-7-2/h53-56,61H,6-52H2,1-5H3,(H,66,67)(H,68,69)/t54-,55+,56+/m0/s1. The molecule has 0 aromatic heterocycles. The highest BCUT2D eigenvalue weighted by molar-refractivity contribution is 7.47. The Morgan fingerprint density at radius 1 is 0.342 bits per heavy atom. The minimum Gasteiger partial charge on any atom is -0.462 e.